The number of halogens is 10. The minimum Gasteiger partial charge on any atom is -0.348 e. The maximum atomic E-state index is 14.0. The monoisotopic (exact) mass is 669 g/mol. The SMILES string of the molecule is O=C(/C=C/c1ccc(C(F)(F)F)cc1F)NCc1ccc2nc(S(=O)(=O)O)n(Cc3ccc(C(F)(F)F)cc3C(F)(F)F)c2c1. The first kappa shape index (κ1) is 33.4. The molecule has 0 aliphatic rings. The quantitative estimate of drug-likeness (QED) is 0.127. The number of carbonyl (C=O) groups excluding carboxylic acids is 1. The highest BCUT2D eigenvalue weighted by Gasteiger charge is 2.38. The van der Waals surface area contributed by atoms with E-state index in [0.717, 1.165) is 18.2 Å². The third-order valence-electron chi connectivity index (χ3n) is 6.29. The Labute approximate surface area is 246 Å². The minimum absolute atomic E-state index is 0.132. The Balaban J connectivity index is 1.63. The van der Waals surface area contributed by atoms with Crippen molar-refractivity contribution in [1.29, 1.82) is 0 Å². The van der Waals surface area contributed by atoms with Crippen molar-refractivity contribution in [3.05, 3.63) is 99.9 Å². The molecule has 7 nitrogen and oxygen atoms in total. The molecule has 45 heavy (non-hydrogen) atoms. The van der Waals surface area contributed by atoms with Gasteiger partial charge in [0.1, 0.15) is 5.82 Å². The summed E-state index contributed by atoms with van der Waals surface area (Å²) >= 11 is 0. The zero-order chi connectivity index (χ0) is 33.5. The lowest BCUT2D eigenvalue weighted by molar-refractivity contribution is -0.143. The van der Waals surface area contributed by atoms with Gasteiger partial charge in [0.25, 0.3) is 5.16 Å². The molecule has 0 unspecified atom stereocenters. The number of aromatic nitrogens is 2. The summed E-state index contributed by atoms with van der Waals surface area (Å²) < 4.78 is 167. The van der Waals surface area contributed by atoms with E-state index in [4.69, 9.17) is 0 Å². The lowest BCUT2D eigenvalue weighted by Crippen LogP contribution is -2.20. The first-order valence-electron chi connectivity index (χ1n) is 12.2. The fourth-order valence-corrected chi connectivity index (χ4v) is 4.84. The van der Waals surface area contributed by atoms with E-state index in [0.29, 0.717) is 22.8 Å². The summed E-state index contributed by atoms with van der Waals surface area (Å²) in [5.74, 6) is -2.09. The van der Waals surface area contributed by atoms with E-state index in [1.807, 2.05) is 0 Å². The van der Waals surface area contributed by atoms with E-state index >= 15 is 0 Å². The van der Waals surface area contributed by atoms with Crippen molar-refractivity contribution in [1.82, 2.24) is 14.9 Å². The lowest BCUT2D eigenvalue weighted by atomic mass is 10.0. The molecule has 2 N–H and O–H groups in total. The van der Waals surface area contributed by atoms with Crippen molar-refractivity contribution in [3.63, 3.8) is 0 Å². The van der Waals surface area contributed by atoms with E-state index in [1.165, 1.54) is 18.2 Å². The van der Waals surface area contributed by atoms with Crippen molar-refractivity contribution in [2.75, 3.05) is 0 Å². The second-order valence-electron chi connectivity index (χ2n) is 9.43. The molecule has 4 aromatic rings. The summed E-state index contributed by atoms with van der Waals surface area (Å²) in [5.41, 5.74) is -5.77. The van der Waals surface area contributed by atoms with Crippen LogP contribution in [0.2, 0.25) is 0 Å². The van der Waals surface area contributed by atoms with Crippen LogP contribution in [0, 0.1) is 5.82 Å². The van der Waals surface area contributed by atoms with Crippen molar-refractivity contribution < 1.29 is 61.7 Å². The Morgan fingerprint density at radius 1 is 0.867 bits per heavy atom. The molecular formula is C27H17F10N3O4S. The summed E-state index contributed by atoms with van der Waals surface area (Å²) in [6.45, 7) is -1.30. The molecule has 0 spiro atoms. The first-order valence-corrected chi connectivity index (χ1v) is 13.7. The number of hydrogen-bond donors (Lipinski definition) is 2. The Kier molecular flexibility index (Phi) is 8.78. The van der Waals surface area contributed by atoms with Crippen molar-refractivity contribution in [2.24, 2.45) is 0 Å². The molecule has 3 aromatic carbocycles. The first-order chi connectivity index (χ1) is 20.6. The minimum atomic E-state index is -5.28. The normalized spacial score (nSPS) is 13.1. The fraction of sp³-hybridized carbons (Fsp3) is 0.185. The number of alkyl halides is 9. The van der Waals surface area contributed by atoms with Crippen LogP contribution in [0.15, 0.2) is 65.8 Å². The van der Waals surface area contributed by atoms with Gasteiger partial charge in [-0.25, -0.2) is 9.37 Å². The Morgan fingerprint density at radius 3 is 2.07 bits per heavy atom. The number of carbonyl (C=O) groups is 1. The zero-order valence-corrected chi connectivity index (χ0v) is 22.8. The molecule has 240 valence electrons. The highest BCUT2D eigenvalue weighted by atomic mass is 32.2. The predicted octanol–water partition coefficient (Wildman–Crippen LogP) is 6.86. The Morgan fingerprint density at radius 2 is 1.49 bits per heavy atom. The molecule has 1 amide bonds. The van der Waals surface area contributed by atoms with Crippen LogP contribution in [0.4, 0.5) is 43.9 Å². The highest BCUT2D eigenvalue weighted by Crippen LogP contribution is 2.38. The van der Waals surface area contributed by atoms with Crippen molar-refractivity contribution in [2.45, 2.75) is 36.8 Å². The van der Waals surface area contributed by atoms with Crippen LogP contribution in [0.1, 0.15) is 33.4 Å². The van der Waals surface area contributed by atoms with Gasteiger partial charge in [-0.2, -0.15) is 47.9 Å². The fourth-order valence-electron chi connectivity index (χ4n) is 4.18. The van der Waals surface area contributed by atoms with E-state index < -0.39 is 74.3 Å². The largest absolute Gasteiger partial charge is 0.416 e. The van der Waals surface area contributed by atoms with Gasteiger partial charge in [-0.3, -0.25) is 9.35 Å². The molecule has 18 heteroatoms. The maximum Gasteiger partial charge on any atom is 0.416 e. The summed E-state index contributed by atoms with van der Waals surface area (Å²) in [4.78, 5) is 16.0. The lowest BCUT2D eigenvalue weighted by Gasteiger charge is -2.17. The van der Waals surface area contributed by atoms with Crippen LogP contribution in [-0.4, -0.2) is 28.4 Å². The van der Waals surface area contributed by atoms with Crippen LogP contribution in [0.5, 0.6) is 0 Å². The molecule has 0 aliphatic heterocycles. The molecule has 0 bridgehead atoms. The van der Waals surface area contributed by atoms with Crippen molar-refractivity contribution >= 4 is 33.1 Å². The highest BCUT2D eigenvalue weighted by molar-refractivity contribution is 7.85. The van der Waals surface area contributed by atoms with Gasteiger partial charge >= 0.3 is 28.6 Å². The van der Waals surface area contributed by atoms with Gasteiger partial charge in [0, 0.05) is 18.2 Å². The average Bonchev–Trinajstić information content (AvgIpc) is 3.28. The summed E-state index contributed by atoms with van der Waals surface area (Å²) in [5, 5.41) is 1.26. The third kappa shape index (κ3) is 7.80. The Hall–Kier alpha value is -4.45. The molecule has 0 fully saturated rings. The molecule has 1 aromatic heterocycles. The molecule has 1 heterocycles. The number of hydrogen-bond acceptors (Lipinski definition) is 4. The van der Waals surface area contributed by atoms with E-state index in [1.54, 1.807) is 0 Å². The van der Waals surface area contributed by atoms with Crippen LogP contribution < -0.4 is 5.32 Å². The van der Waals surface area contributed by atoms with Crippen LogP contribution >= 0.6 is 0 Å². The second-order valence-corrected chi connectivity index (χ2v) is 10.7. The number of nitrogens with one attached hydrogen (secondary N) is 1. The van der Waals surface area contributed by atoms with Gasteiger partial charge in [0.15, 0.2) is 0 Å². The Bertz CT molecular complexity index is 1910. The zero-order valence-electron chi connectivity index (χ0n) is 22.0. The van der Waals surface area contributed by atoms with E-state index in [-0.39, 0.29) is 40.8 Å². The summed E-state index contributed by atoms with van der Waals surface area (Å²) in [6.07, 6.45) is -13.5. The summed E-state index contributed by atoms with van der Waals surface area (Å²) in [6, 6.07) is 6.15. The third-order valence-corrected chi connectivity index (χ3v) is 7.06. The topological polar surface area (TPSA) is 101 Å². The molecule has 0 saturated heterocycles. The van der Waals surface area contributed by atoms with E-state index in [2.05, 4.69) is 10.3 Å². The molecule has 0 radical (unpaired) electrons. The van der Waals surface area contributed by atoms with Crippen LogP contribution in [-0.2, 0) is 46.5 Å². The van der Waals surface area contributed by atoms with Gasteiger partial charge in [-0.05, 0) is 53.6 Å². The van der Waals surface area contributed by atoms with Crippen LogP contribution in [0.25, 0.3) is 17.1 Å². The number of benzene rings is 3. The predicted molar refractivity (Wildman–Crippen MR) is 137 cm³/mol. The van der Waals surface area contributed by atoms with Gasteiger partial charge in [-0.15, -0.1) is 0 Å². The number of amides is 1. The smallest absolute Gasteiger partial charge is 0.348 e. The average molecular weight is 669 g/mol. The number of rotatable bonds is 7. The van der Waals surface area contributed by atoms with Crippen molar-refractivity contribution in [3.8, 4) is 0 Å². The van der Waals surface area contributed by atoms with Gasteiger partial charge in [0.05, 0.1) is 34.3 Å². The van der Waals surface area contributed by atoms with E-state index in [9.17, 15) is 61.7 Å². The standard InChI is InChI=1S/C27H17F10N3O4S/c28-20-11-18(26(32,33)34)5-2-15(20)4-8-23(41)38-12-14-1-7-21-22(9-14)40(24(39-21)45(42,43)44)13-16-3-6-17(25(29,30)31)10-19(16)27(35,36)37/h1-11H,12-13H2,(H,38,41)(H,42,43,44)/b8-4+. The van der Waals surface area contributed by atoms with Gasteiger partial charge in [0.2, 0.25) is 5.91 Å². The number of fused-ring (bicyclic) bond motifs is 1. The van der Waals surface area contributed by atoms with Crippen LogP contribution in [0.3, 0.4) is 0 Å². The molecule has 0 saturated carbocycles. The maximum absolute atomic E-state index is 14.0. The van der Waals surface area contributed by atoms with Gasteiger partial charge in [-0.1, -0.05) is 18.2 Å². The second kappa shape index (κ2) is 11.8. The molecule has 4 rings (SSSR count). The molecular weight excluding hydrogens is 652 g/mol. The number of imidazole rings is 1. The molecule has 0 atom stereocenters. The summed E-state index contributed by atoms with van der Waals surface area (Å²) in [7, 11) is -5.16. The number of nitrogens with zero attached hydrogens (tertiary/aromatic N) is 2. The molecule has 0 aliphatic carbocycles. The van der Waals surface area contributed by atoms with Gasteiger partial charge < -0.3 is 9.88 Å².